The molecule has 10 heteroatoms. The molecule has 1 fully saturated rings. The smallest absolute Gasteiger partial charge is 0.275 e. The van der Waals surface area contributed by atoms with E-state index in [2.05, 4.69) is 25.3 Å². The number of pyridine rings is 1. The summed E-state index contributed by atoms with van der Waals surface area (Å²) in [5, 5.41) is 12.3. The minimum atomic E-state index is -0.390. The van der Waals surface area contributed by atoms with Gasteiger partial charge in [-0.15, -0.1) is 4.80 Å². The fourth-order valence-electron chi connectivity index (χ4n) is 3.94. The van der Waals surface area contributed by atoms with Gasteiger partial charge in [0.05, 0.1) is 12.4 Å². The molecule has 0 radical (unpaired) electrons. The summed E-state index contributed by atoms with van der Waals surface area (Å²) in [7, 11) is 0. The van der Waals surface area contributed by atoms with Crippen LogP contribution < -0.4 is 0 Å². The first-order valence-corrected chi connectivity index (χ1v) is 10.3. The van der Waals surface area contributed by atoms with Crippen molar-refractivity contribution in [2.45, 2.75) is 32.7 Å². The van der Waals surface area contributed by atoms with E-state index in [0.29, 0.717) is 47.2 Å². The Morgan fingerprint density at radius 3 is 2.75 bits per heavy atom. The molecule has 1 amide bonds. The van der Waals surface area contributed by atoms with Crippen LogP contribution in [0.1, 0.15) is 46.5 Å². The molecule has 1 aliphatic heterocycles. The lowest BCUT2D eigenvalue weighted by molar-refractivity contribution is 0.0703. The van der Waals surface area contributed by atoms with Crippen LogP contribution in [0, 0.1) is 19.7 Å². The van der Waals surface area contributed by atoms with Crippen molar-refractivity contribution in [3.63, 3.8) is 0 Å². The van der Waals surface area contributed by atoms with E-state index in [1.165, 1.54) is 10.9 Å². The molecule has 1 saturated heterocycles. The number of carbonyl (C=O) groups is 1. The predicted molar refractivity (Wildman–Crippen MR) is 111 cm³/mol. The number of benzene rings is 1. The molecule has 1 aromatic carbocycles. The maximum absolute atomic E-state index is 14.0. The molecular formula is C22H20FN7O2. The summed E-state index contributed by atoms with van der Waals surface area (Å²) < 4.78 is 19.5. The lowest BCUT2D eigenvalue weighted by Crippen LogP contribution is -2.32. The molecular weight excluding hydrogens is 413 g/mol. The highest BCUT2D eigenvalue weighted by Crippen LogP contribution is 2.34. The number of amides is 1. The molecule has 4 heterocycles. The molecule has 32 heavy (non-hydrogen) atoms. The molecule has 3 aromatic heterocycles. The number of carbonyl (C=O) groups excluding carboxylic acids is 1. The van der Waals surface area contributed by atoms with Crippen LogP contribution in [-0.4, -0.2) is 47.5 Å². The third kappa shape index (κ3) is 3.43. The van der Waals surface area contributed by atoms with Crippen LogP contribution in [0.5, 0.6) is 0 Å². The normalized spacial score (nSPS) is 16.0. The van der Waals surface area contributed by atoms with Gasteiger partial charge in [-0.05, 0) is 50.5 Å². The van der Waals surface area contributed by atoms with Crippen molar-refractivity contribution in [3.8, 4) is 17.1 Å². The monoisotopic (exact) mass is 433 g/mol. The first-order chi connectivity index (χ1) is 15.5. The molecule has 9 nitrogen and oxygen atoms in total. The molecule has 0 unspecified atom stereocenters. The number of hydrogen-bond acceptors (Lipinski definition) is 7. The fraction of sp³-hybridized carbons (Fsp3) is 0.273. The van der Waals surface area contributed by atoms with E-state index in [1.54, 1.807) is 42.4 Å². The van der Waals surface area contributed by atoms with Crippen molar-refractivity contribution in [2.24, 2.45) is 0 Å². The van der Waals surface area contributed by atoms with Gasteiger partial charge in [0.2, 0.25) is 11.7 Å². The number of aromatic nitrogens is 6. The van der Waals surface area contributed by atoms with Crippen molar-refractivity contribution >= 4 is 5.91 Å². The van der Waals surface area contributed by atoms with Gasteiger partial charge in [-0.3, -0.25) is 4.79 Å². The number of aryl methyl sites for hydroxylation is 1. The summed E-state index contributed by atoms with van der Waals surface area (Å²) in [6.45, 7) is 4.02. The SMILES string of the molecule is Cc1ccc(-n2nccn2)c(C(=O)N2CCC[C@H]2c2nc(-c3cccc(F)c3C)no2)n1. The number of rotatable bonds is 4. The van der Waals surface area contributed by atoms with Crippen molar-refractivity contribution in [2.75, 3.05) is 6.54 Å². The van der Waals surface area contributed by atoms with Gasteiger partial charge in [0.15, 0.2) is 5.69 Å². The van der Waals surface area contributed by atoms with Gasteiger partial charge in [-0.25, -0.2) is 9.37 Å². The highest BCUT2D eigenvalue weighted by atomic mass is 19.1. The predicted octanol–water partition coefficient (Wildman–Crippen LogP) is 3.45. The second-order valence-electron chi connectivity index (χ2n) is 7.66. The maximum atomic E-state index is 14.0. The zero-order valence-electron chi connectivity index (χ0n) is 17.6. The molecule has 0 bridgehead atoms. The Labute approximate surface area is 182 Å². The van der Waals surface area contributed by atoms with Crippen LogP contribution in [-0.2, 0) is 0 Å². The van der Waals surface area contributed by atoms with Crippen molar-refractivity contribution in [3.05, 3.63) is 71.4 Å². The first-order valence-electron chi connectivity index (χ1n) is 10.3. The van der Waals surface area contributed by atoms with Gasteiger partial charge in [0, 0.05) is 17.8 Å². The van der Waals surface area contributed by atoms with Crippen LogP contribution in [0.4, 0.5) is 4.39 Å². The minimum Gasteiger partial charge on any atom is -0.337 e. The lowest BCUT2D eigenvalue weighted by Gasteiger charge is -2.22. The van der Waals surface area contributed by atoms with Gasteiger partial charge in [-0.1, -0.05) is 17.3 Å². The maximum Gasteiger partial charge on any atom is 0.275 e. The highest BCUT2D eigenvalue weighted by Gasteiger charge is 2.36. The van der Waals surface area contributed by atoms with Crippen LogP contribution in [0.2, 0.25) is 0 Å². The van der Waals surface area contributed by atoms with Crippen molar-refractivity contribution in [1.29, 1.82) is 0 Å². The largest absolute Gasteiger partial charge is 0.337 e. The average molecular weight is 433 g/mol. The van der Waals surface area contributed by atoms with E-state index in [0.717, 1.165) is 6.42 Å². The zero-order valence-corrected chi connectivity index (χ0v) is 17.6. The third-order valence-electron chi connectivity index (χ3n) is 5.60. The second kappa shape index (κ2) is 7.95. The van der Waals surface area contributed by atoms with Gasteiger partial charge in [-0.2, -0.15) is 15.2 Å². The van der Waals surface area contributed by atoms with E-state index in [-0.39, 0.29) is 17.4 Å². The van der Waals surface area contributed by atoms with Gasteiger partial charge < -0.3 is 9.42 Å². The van der Waals surface area contributed by atoms with Crippen LogP contribution >= 0.6 is 0 Å². The third-order valence-corrected chi connectivity index (χ3v) is 5.60. The Morgan fingerprint density at radius 2 is 1.94 bits per heavy atom. The Bertz CT molecular complexity index is 1290. The molecule has 0 N–H and O–H groups in total. The Balaban J connectivity index is 1.48. The van der Waals surface area contributed by atoms with Gasteiger partial charge in [0.25, 0.3) is 5.91 Å². The van der Waals surface area contributed by atoms with Crippen LogP contribution in [0.15, 0.2) is 47.2 Å². The lowest BCUT2D eigenvalue weighted by atomic mass is 10.1. The summed E-state index contributed by atoms with van der Waals surface area (Å²) >= 11 is 0. The molecule has 4 aromatic rings. The summed E-state index contributed by atoms with van der Waals surface area (Å²) in [6.07, 6.45) is 4.55. The fourth-order valence-corrected chi connectivity index (χ4v) is 3.94. The highest BCUT2D eigenvalue weighted by molar-refractivity contribution is 5.96. The van der Waals surface area contributed by atoms with Gasteiger partial charge in [0.1, 0.15) is 17.5 Å². The van der Waals surface area contributed by atoms with Crippen LogP contribution in [0.3, 0.4) is 0 Å². The topological polar surface area (TPSA) is 103 Å². The molecule has 0 aliphatic carbocycles. The second-order valence-corrected chi connectivity index (χ2v) is 7.66. The molecule has 0 saturated carbocycles. The van der Waals surface area contributed by atoms with E-state index in [4.69, 9.17) is 4.52 Å². The molecule has 1 atom stereocenters. The Morgan fingerprint density at radius 1 is 1.12 bits per heavy atom. The number of halogens is 1. The zero-order chi connectivity index (χ0) is 22.2. The number of nitrogens with zero attached hydrogens (tertiary/aromatic N) is 7. The summed E-state index contributed by atoms with van der Waals surface area (Å²) in [5.41, 5.74) is 2.47. The van der Waals surface area contributed by atoms with E-state index in [9.17, 15) is 9.18 Å². The van der Waals surface area contributed by atoms with E-state index < -0.39 is 6.04 Å². The number of hydrogen-bond donors (Lipinski definition) is 0. The van der Waals surface area contributed by atoms with E-state index >= 15 is 0 Å². The van der Waals surface area contributed by atoms with Crippen molar-refractivity contribution < 1.29 is 13.7 Å². The Hall–Kier alpha value is -3.95. The first kappa shape index (κ1) is 20.0. The summed E-state index contributed by atoms with van der Waals surface area (Å²) in [4.78, 5) is 25.6. The summed E-state index contributed by atoms with van der Waals surface area (Å²) in [5.74, 6) is 0.0225. The molecule has 1 aliphatic rings. The quantitative estimate of drug-likeness (QED) is 0.486. The minimum absolute atomic E-state index is 0.258. The van der Waals surface area contributed by atoms with Crippen molar-refractivity contribution in [1.82, 2.24) is 35.0 Å². The van der Waals surface area contributed by atoms with E-state index in [1.807, 2.05) is 13.0 Å². The molecule has 5 rings (SSSR count). The Kier molecular flexibility index (Phi) is 4.96. The summed E-state index contributed by atoms with van der Waals surface area (Å²) in [6, 6.07) is 7.93. The number of likely N-dealkylation sites (tertiary alicyclic amines) is 1. The average Bonchev–Trinajstić information content (AvgIpc) is 3.56. The molecule has 162 valence electrons. The van der Waals surface area contributed by atoms with Crippen LogP contribution in [0.25, 0.3) is 17.1 Å². The van der Waals surface area contributed by atoms with Gasteiger partial charge >= 0.3 is 0 Å². The standard InChI is InChI=1S/C22H20FN7O2/c1-13-8-9-17(30-24-10-11-25-30)19(26-13)22(31)29-12-4-7-18(29)21-27-20(28-32-21)15-5-3-6-16(23)14(15)2/h3,5-6,8-11,18H,4,7,12H2,1-2H3/t18-/m0/s1. The molecule has 0 spiro atoms.